The fourth-order valence-corrected chi connectivity index (χ4v) is 5.65. The van der Waals surface area contributed by atoms with Gasteiger partial charge in [0.1, 0.15) is 10.6 Å². The SMILES string of the molecule is Cc1ccc(CN2C[C@@]34C=C[C@@H](O3)C(C(=O)N(C)Cc3nccs3)C4C2=O)cc1C. The summed E-state index contributed by atoms with van der Waals surface area (Å²) < 4.78 is 6.25. The molecule has 2 amide bonds. The summed E-state index contributed by atoms with van der Waals surface area (Å²) in [6.45, 7) is 5.65. The number of carbonyl (C=O) groups is 2. The van der Waals surface area contributed by atoms with Gasteiger partial charge >= 0.3 is 0 Å². The number of fused-ring (bicyclic) bond motifs is 1. The Bertz CT molecular complexity index is 1030. The number of likely N-dealkylation sites (tertiary alicyclic amines) is 1. The monoisotopic (exact) mass is 423 g/mol. The van der Waals surface area contributed by atoms with Crippen molar-refractivity contribution < 1.29 is 14.3 Å². The average Bonchev–Trinajstić information content (AvgIpc) is 3.47. The summed E-state index contributed by atoms with van der Waals surface area (Å²) in [4.78, 5) is 34.5. The molecule has 2 aromatic rings. The highest BCUT2D eigenvalue weighted by Crippen LogP contribution is 2.52. The molecule has 2 unspecified atom stereocenters. The van der Waals surface area contributed by atoms with Gasteiger partial charge in [0.15, 0.2) is 0 Å². The summed E-state index contributed by atoms with van der Waals surface area (Å²) in [7, 11) is 1.78. The van der Waals surface area contributed by atoms with Gasteiger partial charge in [0.25, 0.3) is 0 Å². The number of carbonyl (C=O) groups excluding carboxylic acids is 2. The van der Waals surface area contributed by atoms with E-state index in [9.17, 15) is 9.59 Å². The molecule has 7 heteroatoms. The van der Waals surface area contributed by atoms with Crippen molar-refractivity contribution in [1.82, 2.24) is 14.8 Å². The molecule has 2 fully saturated rings. The Labute approximate surface area is 180 Å². The molecule has 0 N–H and O–H groups in total. The zero-order valence-corrected chi connectivity index (χ0v) is 18.2. The quantitative estimate of drug-likeness (QED) is 0.694. The van der Waals surface area contributed by atoms with Crippen LogP contribution in [0.5, 0.6) is 0 Å². The zero-order chi connectivity index (χ0) is 21.0. The van der Waals surface area contributed by atoms with Gasteiger partial charge in [-0.1, -0.05) is 30.4 Å². The lowest BCUT2D eigenvalue weighted by atomic mass is 9.76. The summed E-state index contributed by atoms with van der Waals surface area (Å²) in [5.74, 6) is -0.962. The lowest BCUT2D eigenvalue weighted by Crippen LogP contribution is -2.44. The van der Waals surface area contributed by atoms with Crippen LogP contribution in [0.2, 0.25) is 0 Å². The fourth-order valence-electron chi connectivity index (χ4n) is 4.98. The normalized spacial score (nSPS) is 29.0. The second-order valence-electron chi connectivity index (χ2n) is 8.63. The highest BCUT2D eigenvalue weighted by atomic mass is 32.1. The third-order valence-corrected chi connectivity index (χ3v) is 7.41. The van der Waals surface area contributed by atoms with Crippen molar-refractivity contribution in [3.63, 3.8) is 0 Å². The number of ether oxygens (including phenoxy) is 1. The van der Waals surface area contributed by atoms with E-state index in [0.29, 0.717) is 19.6 Å². The molecule has 0 aliphatic carbocycles. The third kappa shape index (κ3) is 2.99. The van der Waals surface area contributed by atoms with Crippen molar-refractivity contribution >= 4 is 23.2 Å². The van der Waals surface area contributed by atoms with E-state index in [1.54, 1.807) is 18.1 Å². The van der Waals surface area contributed by atoms with E-state index in [2.05, 4.69) is 37.0 Å². The number of hydrogen-bond donors (Lipinski definition) is 0. The average molecular weight is 424 g/mol. The Morgan fingerprint density at radius 1 is 1.37 bits per heavy atom. The standard InChI is InChI=1S/C23H25N3O3S/c1-14-4-5-16(10-15(14)2)11-26-13-23-7-6-17(29-23)19(20(23)22(26)28)21(27)25(3)12-18-24-8-9-30-18/h4-10,17,19-20H,11-13H2,1-3H3/t17-,19?,20?,23-/m1/s1. The van der Waals surface area contributed by atoms with Gasteiger partial charge in [-0.2, -0.15) is 0 Å². The number of nitrogens with zero attached hydrogens (tertiary/aromatic N) is 3. The van der Waals surface area contributed by atoms with Crippen molar-refractivity contribution in [2.45, 2.75) is 38.6 Å². The summed E-state index contributed by atoms with van der Waals surface area (Å²) in [6, 6.07) is 6.29. The molecule has 2 saturated heterocycles. The van der Waals surface area contributed by atoms with Gasteiger partial charge in [-0.3, -0.25) is 9.59 Å². The number of amides is 2. The van der Waals surface area contributed by atoms with Crippen LogP contribution < -0.4 is 0 Å². The van der Waals surface area contributed by atoms with Crippen LogP contribution in [0.4, 0.5) is 0 Å². The zero-order valence-electron chi connectivity index (χ0n) is 17.4. The Kier molecular flexibility index (Phi) is 4.56. The highest BCUT2D eigenvalue weighted by molar-refractivity contribution is 7.09. The molecular weight excluding hydrogens is 398 g/mol. The van der Waals surface area contributed by atoms with Gasteiger partial charge in [-0.05, 0) is 30.5 Å². The number of aromatic nitrogens is 1. The van der Waals surface area contributed by atoms with E-state index in [0.717, 1.165) is 10.6 Å². The molecule has 3 aliphatic heterocycles. The minimum absolute atomic E-state index is 0.0149. The minimum Gasteiger partial charge on any atom is -0.360 e. The maximum Gasteiger partial charge on any atom is 0.230 e. The second-order valence-corrected chi connectivity index (χ2v) is 9.61. The topological polar surface area (TPSA) is 62.7 Å². The van der Waals surface area contributed by atoms with Crippen molar-refractivity contribution in [2.24, 2.45) is 11.8 Å². The molecule has 5 rings (SSSR count). The Morgan fingerprint density at radius 2 is 2.20 bits per heavy atom. The van der Waals surface area contributed by atoms with E-state index < -0.39 is 17.4 Å². The van der Waals surface area contributed by atoms with Gasteiger partial charge in [0.05, 0.1) is 31.0 Å². The van der Waals surface area contributed by atoms with Crippen LogP contribution >= 0.6 is 11.3 Å². The van der Waals surface area contributed by atoms with Crippen LogP contribution in [0.1, 0.15) is 21.7 Å². The predicted molar refractivity (Wildman–Crippen MR) is 114 cm³/mol. The predicted octanol–water partition coefficient (Wildman–Crippen LogP) is 2.70. The molecule has 156 valence electrons. The van der Waals surface area contributed by atoms with Crippen molar-refractivity contribution in [3.8, 4) is 0 Å². The Balaban J connectivity index is 1.36. The number of hydrogen-bond acceptors (Lipinski definition) is 5. The molecule has 30 heavy (non-hydrogen) atoms. The maximum absolute atomic E-state index is 13.4. The fraction of sp³-hybridized carbons (Fsp3) is 0.435. The largest absolute Gasteiger partial charge is 0.360 e. The maximum atomic E-state index is 13.4. The first kappa shape index (κ1) is 19.5. The van der Waals surface area contributed by atoms with Gasteiger partial charge in [0.2, 0.25) is 11.8 Å². The molecule has 1 aromatic heterocycles. The molecule has 6 nitrogen and oxygen atoms in total. The Hall–Kier alpha value is -2.51. The van der Waals surface area contributed by atoms with Crippen molar-refractivity contribution in [2.75, 3.05) is 13.6 Å². The smallest absolute Gasteiger partial charge is 0.230 e. The first-order valence-electron chi connectivity index (χ1n) is 10.2. The number of benzene rings is 1. The van der Waals surface area contributed by atoms with Crippen LogP contribution in [0.3, 0.4) is 0 Å². The van der Waals surface area contributed by atoms with Crippen molar-refractivity contribution in [3.05, 3.63) is 63.6 Å². The van der Waals surface area contributed by atoms with E-state index in [1.165, 1.54) is 22.5 Å². The van der Waals surface area contributed by atoms with E-state index in [4.69, 9.17) is 4.74 Å². The van der Waals surface area contributed by atoms with E-state index >= 15 is 0 Å². The molecule has 2 bridgehead atoms. The molecule has 3 aliphatic rings. The number of thiazole rings is 1. The van der Waals surface area contributed by atoms with Gasteiger partial charge in [0, 0.05) is 25.2 Å². The minimum atomic E-state index is -0.677. The van der Waals surface area contributed by atoms with Gasteiger partial charge in [-0.25, -0.2) is 4.98 Å². The summed E-state index contributed by atoms with van der Waals surface area (Å²) in [5, 5.41) is 2.78. The van der Waals surface area contributed by atoms with Crippen LogP contribution in [-0.4, -0.2) is 51.9 Å². The molecule has 0 saturated carbocycles. The van der Waals surface area contributed by atoms with E-state index in [1.807, 2.05) is 22.4 Å². The number of rotatable bonds is 5. The van der Waals surface area contributed by atoms with Crippen LogP contribution in [0.15, 0.2) is 41.9 Å². The molecule has 4 atom stereocenters. The lowest BCUT2D eigenvalue weighted by Gasteiger charge is -2.27. The third-order valence-electron chi connectivity index (χ3n) is 6.64. The van der Waals surface area contributed by atoms with Crippen LogP contribution in [0, 0.1) is 25.7 Å². The summed E-state index contributed by atoms with van der Waals surface area (Å²) >= 11 is 1.52. The molecule has 0 radical (unpaired) electrons. The molecule has 1 spiro atoms. The van der Waals surface area contributed by atoms with Crippen LogP contribution in [0.25, 0.3) is 0 Å². The highest BCUT2D eigenvalue weighted by Gasteiger charge is 2.67. The number of aryl methyl sites for hydroxylation is 2. The van der Waals surface area contributed by atoms with Crippen molar-refractivity contribution in [1.29, 1.82) is 0 Å². The summed E-state index contributed by atoms with van der Waals surface area (Å²) in [5.41, 5.74) is 2.88. The van der Waals surface area contributed by atoms with E-state index in [-0.39, 0.29) is 17.9 Å². The molecular formula is C23H25N3O3S. The first-order chi connectivity index (χ1) is 14.4. The lowest BCUT2D eigenvalue weighted by molar-refractivity contribution is -0.142. The summed E-state index contributed by atoms with van der Waals surface area (Å²) in [6.07, 6.45) is 5.38. The van der Waals surface area contributed by atoms with Gasteiger partial charge in [-0.15, -0.1) is 11.3 Å². The van der Waals surface area contributed by atoms with Gasteiger partial charge < -0.3 is 14.5 Å². The molecule has 1 aromatic carbocycles. The molecule has 4 heterocycles. The first-order valence-corrected chi connectivity index (χ1v) is 11.1. The second kappa shape index (κ2) is 7.03. The van der Waals surface area contributed by atoms with Crippen LogP contribution in [-0.2, 0) is 27.4 Å². The Morgan fingerprint density at radius 3 is 2.93 bits per heavy atom.